The summed E-state index contributed by atoms with van der Waals surface area (Å²) in [4.78, 5) is 0. The highest BCUT2D eigenvalue weighted by atomic mass is 19.4. The molecule has 1 aromatic rings. The summed E-state index contributed by atoms with van der Waals surface area (Å²) in [7, 11) is 0. The van der Waals surface area contributed by atoms with Crippen molar-refractivity contribution in [2.75, 3.05) is 6.54 Å². The number of benzene rings is 1. The van der Waals surface area contributed by atoms with Crippen LogP contribution in [0.5, 0.6) is 0 Å². The van der Waals surface area contributed by atoms with E-state index < -0.39 is 36.4 Å². The van der Waals surface area contributed by atoms with Gasteiger partial charge in [0.15, 0.2) is 0 Å². The quantitative estimate of drug-likeness (QED) is 0.827. The van der Waals surface area contributed by atoms with E-state index >= 15 is 0 Å². The van der Waals surface area contributed by atoms with Crippen LogP contribution >= 0.6 is 0 Å². The average Bonchev–Trinajstić information content (AvgIpc) is 2.19. The number of hydrogen-bond acceptors (Lipinski definition) is 1. The molecule has 96 valence electrons. The second kappa shape index (κ2) is 4.95. The summed E-state index contributed by atoms with van der Waals surface area (Å²) in [6, 6.07) is 1.77. The lowest BCUT2D eigenvalue weighted by Crippen LogP contribution is -2.20. The minimum Gasteiger partial charge on any atom is -0.330 e. The van der Waals surface area contributed by atoms with E-state index in [2.05, 4.69) is 0 Å². The summed E-state index contributed by atoms with van der Waals surface area (Å²) >= 11 is 0. The fourth-order valence-corrected chi connectivity index (χ4v) is 1.38. The number of rotatable bonds is 3. The van der Waals surface area contributed by atoms with Gasteiger partial charge in [0, 0.05) is 6.54 Å². The monoisotopic (exact) mass is 257 g/mol. The van der Waals surface area contributed by atoms with Crippen molar-refractivity contribution < 1.29 is 26.3 Å². The molecule has 0 aliphatic heterocycles. The highest BCUT2D eigenvalue weighted by molar-refractivity contribution is 5.30. The number of alkyl halides is 5. The minimum absolute atomic E-state index is 0.323. The van der Waals surface area contributed by atoms with Gasteiger partial charge in [-0.2, -0.15) is 13.2 Å². The molecule has 17 heavy (non-hydrogen) atoms. The Morgan fingerprint density at radius 1 is 1.18 bits per heavy atom. The van der Waals surface area contributed by atoms with Crippen LogP contribution in [-0.4, -0.2) is 13.0 Å². The second-order valence-electron chi connectivity index (χ2n) is 3.41. The van der Waals surface area contributed by atoms with Crippen LogP contribution in [-0.2, 0) is 6.18 Å². The molecule has 0 bridgehead atoms. The Balaban J connectivity index is 3.21. The summed E-state index contributed by atoms with van der Waals surface area (Å²) in [6.45, 7) is -0.513. The normalized spacial score (nSPS) is 14.1. The van der Waals surface area contributed by atoms with E-state index in [1.54, 1.807) is 0 Å². The fraction of sp³-hybridized carbons (Fsp3) is 0.400. The zero-order valence-corrected chi connectivity index (χ0v) is 8.44. The van der Waals surface area contributed by atoms with Crippen LogP contribution in [0.4, 0.5) is 26.3 Å². The van der Waals surface area contributed by atoms with Crippen molar-refractivity contribution in [2.45, 2.75) is 18.5 Å². The maximum atomic E-state index is 12.9. The topological polar surface area (TPSA) is 26.0 Å². The Morgan fingerprint density at radius 3 is 2.18 bits per heavy atom. The first-order valence-electron chi connectivity index (χ1n) is 4.62. The Kier molecular flexibility index (Phi) is 4.03. The van der Waals surface area contributed by atoms with Crippen LogP contribution in [0.2, 0.25) is 0 Å². The first kappa shape index (κ1) is 13.8. The third kappa shape index (κ3) is 3.12. The van der Waals surface area contributed by atoms with E-state index in [0.717, 1.165) is 6.07 Å². The van der Waals surface area contributed by atoms with Gasteiger partial charge in [0.1, 0.15) is 5.82 Å². The Labute approximate surface area is 93.2 Å². The molecule has 7 heteroatoms. The lowest BCUT2D eigenvalue weighted by molar-refractivity contribution is -0.140. The van der Waals surface area contributed by atoms with E-state index in [4.69, 9.17) is 5.73 Å². The number of halogens is 6. The minimum atomic E-state index is -4.92. The van der Waals surface area contributed by atoms with Crippen molar-refractivity contribution >= 4 is 0 Å². The molecule has 0 aliphatic rings. The number of hydrogen-bond donors (Lipinski definition) is 1. The van der Waals surface area contributed by atoms with Gasteiger partial charge in [-0.25, -0.2) is 13.2 Å². The van der Waals surface area contributed by atoms with E-state index in [1.165, 1.54) is 0 Å². The Hall–Kier alpha value is -1.24. The standard InChI is InChI=1S/C10H9F6N/c11-8-2-1-5(6(4-17)9(12)13)3-7(8)10(14,15)16/h1-3,6,9H,4,17H2. The van der Waals surface area contributed by atoms with E-state index in [-0.39, 0.29) is 5.56 Å². The summed E-state index contributed by atoms with van der Waals surface area (Å²) in [5.41, 5.74) is 3.16. The van der Waals surface area contributed by atoms with Crippen molar-refractivity contribution in [3.8, 4) is 0 Å². The summed E-state index contributed by atoms with van der Waals surface area (Å²) < 4.78 is 74.8. The van der Waals surface area contributed by atoms with Gasteiger partial charge in [-0.1, -0.05) is 6.07 Å². The largest absolute Gasteiger partial charge is 0.419 e. The average molecular weight is 257 g/mol. The van der Waals surface area contributed by atoms with Gasteiger partial charge in [0.05, 0.1) is 11.5 Å². The predicted octanol–water partition coefficient (Wildman–Crippen LogP) is 3.15. The molecule has 0 amide bonds. The van der Waals surface area contributed by atoms with Crippen LogP contribution in [0.25, 0.3) is 0 Å². The van der Waals surface area contributed by atoms with Gasteiger partial charge in [0.25, 0.3) is 0 Å². The van der Waals surface area contributed by atoms with Gasteiger partial charge >= 0.3 is 6.18 Å². The van der Waals surface area contributed by atoms with Crippen LogP contribution in [0, 0.1) is 5.82 Å². The summed E-state index contributed by atoms with van der Waals surface area (Å²) in [6.07, 6.45) is -7.81. The predicted molar refractivity (Wildman–Crippen MR) is 49.2 cm³/mol. The molecule has 2 N–H and O–H groups in total. The van der Waals surface area contributed by atoms with Crippen molar-refractivity contribution in [1.82, 2.24) is 0 Å². The molecule has 1 unspecified atom stereocenters. The molecule has 0 radical (unpaired) electrons. The van der Waals surface area contributed by atoms with Gasteiger partial charge in [0.2, 0.25) is 6.43 Å². The van der Waals surface area contributed by atoms with Crippen molar-refractivity contribution in [1.29, 1.82) is 0 Å². The molecule has 1 rings (SSSR count). The molecular weight excluding hydrogens is 248 g/mol. The molecular formula is C10H9F6N. The van der Waals surface area contributed by atoms with Crippen molar-refractivity contribution in [3.05, 3.63) is 35.1 Å². The van der Waals surface area contributed by atoms with Gasteiger partial charge in [-0.15, -0.1) is 0 Å². The summed E-state index contributed by atoms with van der Waals surface area (Å²) in [5.74, 6) is -3.03. The maximum absolute atomic E-state index is 12.9. The van der Waals surface area contributed by atoms with Gasteiger partial charge in [-0.05, 0) is 17.7 Å². The van der Waals surface area contributed by atoms with E-state index in [1.807, 2.05) is 0 Å². The maximum Gasteiger partial charge on any atom is 0.419 e. The molecule has 0 saturated carbocycles. The van der Waals surface area contributed by atoms with Crippen LogP contribution < -0.4 is 5.73 Å². The molecule has 0 aliphatic carbocycles. The molecule has 0 spiro atoms. The number of nitrogens with two attached hydrogens (primary N) is 1. The van der Waals surface area contributed by atoms with E-state index in [0.29, 0.717) is 12.1 Å². The lowest BCUT2D eigenvalue weighted by atomic mass is 9.97. The highest BCUT2D eigenvalue weighted by Gasteiger charge is 2.35. The van der Waals surface area contributed by atoms with Crippen molar-refractivity contribution in [3.63, 3.8) is 0 Å². The zero-order valence-electron chi connectivity index (χ0n) is 8.44. The lowest BCUT2D eigenvalue weighted by Gasteiger charge is -2.16. The first-order valence-corrected chi connectivity index (χ1v) is 4.62. The molecule has 1 aromatic carbocycles. The van der Waals surface area contributed by atoms with Crippen molar-refractivity contribution in [2.24, 2.45) is 5.73 Å². The molecule has 0 heterocycles. The Bertz CT molecular complexity index is 387. The Morgan fingerprint density at radius 2 is 1.76 bits per heavy atom. The third-order valence-electron chi connectivity index (χ3n) is 2.28. The molecule has 0 saturated heterocycles. The molecule has 0 fully saturated rings. The second-order valence-corrected chi connectivity index (χ2v) is 3.41. The molecule has 1 nitrogen and oxygen atoms in total. The first-order chi connectivity index (χ1) is 7.77. The third-order valence-corrected chi connectivity index (χ3v) is 2.28. The van der Waals surface area contributed by atoms with Crippen LogP contribution in [0.3, 0.4) is 0 Å². The smallest absolute Gasteiger partial charge is 0.330 e. The fourth-order valence-electron chi connectivity index (χ4n) is 1.38. The van der Waals surface area contributed by atoms with Crippen LogP contribution in [0.15, 0.2) is 18.2 Å². The molecule has 1 atom stereocenters. The van der Waals surface area contributed by atoms with Gasteiger partial charge in [-0.3, -0.25) is 0 Å². The van der Waals surface area contributed by atoms with Gasteiger partial charge < -0.3 is 5.73 Å². The molecule has 0 aromatic heterocycles. The van der Waals surface area contributed by atoms with Crippen LogP contribution in [0.1, 0.15) is 17.0 Å². The highest BCUT2D eigenvalue weighted by Crippen LogP contribution is 2.34. The van der Waals surface area contributed by atoms with E-state index in [9.17, 15) is 26.3 Å². The summed E-state index contributed by atoms with van der Waals surface area (Å²) in [5, 5.41) is 0. The SMILES string of the molecule is NCC(c1ccc(F)c(C(F)(F)F)c1)C(F)F. The zero-order chi connectivity index (χ0) is 13.2.